The molecular formula is C17H19Cl2N. The second-order valence-corrected chi connectivity index (χ2v) is 5.75. The fourth-order valence-electron chi connectivity index (χ4n) is 2.16. The maximum absolute atomic E-state index is 6.04. The van der Waals surface area contributed by atoms with Crippen molar-refractivity contribution in [1.29, 1.82) is 0 Å². The molecule has 1 unspecified atom stereocenters. The molecule has 20 heavy (non-hydrogen) atoms. The van der Waals surface area contributed by atoms with Crippen molar-refractivity contribution in [3.63, 3.8) is 0 Å². The minimum Gasteiger partial charge on any atom is -0.310 e. The first-order valence-electron chi connectivity index (χ1n) is 6.89. The van der Waals surface area contributed by atoms with Crippen LogP contribution < -0.4 is 5.32 Å². The van der Waals surface area contributed by atoms with Gasteiger partial charge in [0.25, 0.3) is 0 Å². The zero-order chi connectivity index (χ0) is 14.4. The highest BCUT2D eigenvalue weighted by molar-refractivity contribution is 6.42. The van der Waals surface area contributed by atoms with Crippen LogP contribution in [0.5, 0.6) is 0 Å². The topological polar surface area (TPSA) is 12.0 Å². The summed E-state index contributed by atoms with van der Waals surface area (Å²) in [5, 5.41) is 4.73. The molecule has 0 saturated carbocycles. The lowest BCUT2D eigenvalue weighted by Gasteiger charge is -2.15. The van der Waals surface area contributed by atoms with Crippen molar-refractivity contribution in [1.82, 2.24) is 5.32 Å². The molecule has 1 atom stereocenters. The normalized spacial score (nSPS) is 12.3. The molecule has 0 aliphatic heterocycles. The van der Waals surface area contributed by atoms with Crippen molar-refractivity contribution in [2.24, 2.45) is 0 Å². The van der Waals surface area contributed by atoms with Crippen LogP contribution >= 0.6 is 23.2 Å². The number of aryl methyl sites for hydroxylation is 1. The summed E-state index contributed by atoms with van der Waals surface area (Å²) in [7, 11) is 0. The molecule has 2 aromatic carbocycles. The number of hydrogen-bond acceptors (Lipinski definition) is 1. The van der Waals surface area contributed by atoms with Crippen LogP contribution in [0.25, 0.3) is 0 Å². The van der Waals surface area contributed by atoms with Gasteiger partial charge >= 0.3 is 0 Å². The van der Waals surface area contributed by atoms with E-state index in [1.165, 1.54) is 11.1 Å². The first kappa shape index (κ1) is 15.4. The zero-order valence-electron chi connectivity index (χ0n) is 11.6. The first-order chi connectivity index (χ1) is 9.66. The van der Waals surface area contributed by atoms with Gasteiger partial charge in [0.15, 0.2) is 0 Å². The predicted molar refractivity (Wildman–Crippen MR) is 87.6 cm³/mol. The van der Waals surface area contributed by atoms with Gasteiger partial charge in [-0.2, -0.15) is 0 Å². The highest BCUT2D eigenvalue weighted by Crippen LogP contribution is 2.25. The van der Waals surface area contributed by atoms with Gasteiger partial charge in [-0.05, 0) is 49.6 Å². The van der Waals surface area contributed by atoms with Crippen LogP contribution in [-0.2, 0) is 6.42 Å². The Balaban J connectivity index is 1.77. The van der Waals surface area contributed by atoms with Gasteiger partial charge in [-0.15, -0.1) is 0 Å². The summed E-state index contributed by atoms with van der Waals surface area (Å²) < 4.78 is 0. The average Bonchev–Trinajstić information content (AvgIpc) is 2.47. The number of benzene rings is 2. The summed E-state index contributed by atoms with van der Waals surface area (Å²) in [5.41, 5.74) is 2.55. The van der Waals surface area contributed by atoms with Crippen molar-refractivity contribution in [2.75, 3.05) is 6.54 Å². The van der Waals surface area contributed by atoms with Crippen molar-refractivity contribution < 1.29 is 0 Å². The SMILES string of the molecule is CC(NCCCc1ccccc1)c1ccc(Cl)c(Cl)c1. The Morgan fingerprint density at radius 1 is 1.00 bits per heavy atom. The van der Waals surface area contributed by atoms with Gasteiger partial charge in [0.05, 0.1) is 10.0 Å². The standard InChI is InChI=1S/C17H19Cl2N/c1-13(15-9-10-16(18)17(19)12-15)20-11-5-8-14-6-3-2-4-7-14/h2-4,6-7,9-10,12-13,20H,5,8,11H2,1H3. The lowest BCUT2D eigenvalue weighted by atomic mass is 10.1. The first-order valence-corrected chi connectivity index (χ1v) is 7.64. The molecule has 1 nitrogen and oxygen atoms in total. The van der Waals surface area contributed by atoms with E-state index in [2.05, 4.69) is 36.5 Å². The van der Waals surface area contributed by atoms with E-state index in [1.54, 1.807) is 0 Å². The van der Waals surface area contributed by atoms with Gasteiger partial charge < -0.3 is 5.32 Å². The van der Waals surface area contributed by atoms with Crippen molar-refractivity contribution in [2.45, 2.75) is 25.8 Å². The third kappa shape index (κ3) is 4.52. The number of hydrogen-bond donors (Lipinski definition) is 1. The Kier molecular flexibility index (Phi) is 5.90. The van der Waals surface area contributed by atoms with Gasteiger partial charge in [0.1, 0.15) is 0 Å². The maximum atomic E-state index is 6.04. The Bertz CT molecular complexity index is 540. The summed E-state index contributed by atoms with van der Waals surface area (Å²) in [6, 6.07) is 16.6. The Morgan fingerprint density at radius 2 is 1.75 bits per heavy atom. The summed E-state index contributed by atoms with van der Waals surface area (Å²) in [4.78, 5) is 0. The quantitative estimate of drug-likeness (QED) is 0.716. The minimum absolute atomic E-state index is 0.278. The minimum atomic E-state index is 0.278. The molecule has 3 heteroatoms. The fraction of sp³-hybridized carbons (Fsp3) is 0.294. The number of rotatable bonds is 6. The molecule has 0 aliphatic carbocycles. The predicted octanol–water partition coefficient (Wildman–Crippen LogP) is 5.28. The second-order valence-electron chi connectivity index (χ2n) is 4.94. The van der Waals surface area contributed by atoms with Gasteiger partial charge in [-0.25, -0.2) is 0 Å². The molecule has 106 valence electrons. The Morgan fingerprint density at radius 3 is 2.45 bits per heavy atom. The highest BCUT2D eigenvalue weighted by atomic mass is 35.5. The van der Waals surface area contributed by atoms with Crippen LogP contribution in [0.4, 0.5) is 0 Å². The largest absolute Gasteiger partial charge is 0.310 e. The Labute approximate surface area is 130 Å². The molecule has 2 aromatic rings. The molecule has 1 N–H and O–H groups in total. The third-order valence-electron chi connectivity index (χ3n) is 3.38. The monoisotopic (exact) mass is 307 g/mol. The van der Waals surface area contributed by atoms with E-state index in [0.717, 1.165) is 19.4 Å². The molecule has 0 spiro atoms. The molecule has 0 bridgehead atoms. The second kappa shape index (κ2) is 7.68. The van der Waals surface area contributed by atoms with Crippen LogP contribution in [0.3, 0.4) is 0 Å². The van der Waals surface area contributed by atoms with E-state index in [-0.39, 0.29) is 6.04 Å². The summed E-state index contributed by atoms with van der Waals surface area (Å²) in [6.45, 7) is 3.12. The van der Waals surface area contributed by atoms with Gasteiger partial charge in [-0.1, -0.05) is 59.6 Å². The van der Waals surface area contributed by atoms with Crippen LogP contribution in [-0.4, -0.2) is 6.54 Å². The molecular weight excluding hydrogens is 289 g/mol. The van der Waals surface area contributed by atoms with E-state index in [9.17, 15) is 0 Å². The van der Waals surface area contributed by atoms with Crippen molar-refractivity contribution in [3.05, 3.63) is 69.7 Å². The van der Waals surface area contributed by atoms with Crippen LogP contribution in [0.2, 0.25) is 10.0 Å². The van der Waals surface area contributed by atoms with E-state index in [4.69, 9.17) is 23.2 Å². The number of nitrogens with one attached hydrogen (secondary N) is 1. The van der Waals surface area contributed by atoms with Crippen LogP contribution in [0.1, 0.15) is 30.5 Å². The highest BCUT2D eigenvalue weighted by Gasteiger charge is 2.06. The molecule has 0 aromatic heterocycles. The summed E-state index contributed by atoms with van der Waals surface area (Å²) in [6.07, 6.45) is 2.22. The van der Waals surface area contributed by atoms with Gasteiger partial charge in [0, 0.05) is 6.04 Å². The molecule has 2 rings (SSSR count). The molecule has 0 heterocycles. The maximum Gasteiger partial charge on any atom is 0.0595 e. The van der Waals surface area contributed by atoms with Crippen LogP contribution in [0.15, 0.2) is 48.5 Å². The average molecular weight is 308 g/mol. The van der Waals surface area contributed by atoms with Crippen molar-refractivity contribution >= 4 is 23.2 Å². The van der Waals surface area contributed by atoms with Crippen molar-refractivity contribution in [3.8, 4) is 0 Å². The lowest BCUT2D eigenvalue weighted by molar-refractivity contribution is 0.558. The zero-order valence-corrected chi connectivity index (χ0v) is 13.1. The Hall–Kier alpha value is -1.02. The summed E-state index contributed by atoms with van der Waals surface area (Å²) >= 11 is 12.0. The third-order valence-corrected chi connectivity index (χ3v) is 4.12. The van der Waals surface area contributed by atoms with Gasteiger partial charge in [-0.3, -0.25) is 0 Å². The van der Waals surface area contributed by atoms with E-state index >= 15 is 0 Å². The molecule has 0 fully saturated rings. The van der Waals surface area contributed by atoms with E-state index in [1.807, 2.05) is 24.3 Å². The van der Waals surface area contributed by atoms with E-state index < -0.39 is 0 Å². The molecule has 0 saturated heterocycles. The summed E-state index contributed by atoms with van der Waals surface area (Å²) in [5.74, 6) is 0. The lowest BCUT2D eigenvalue weighted by Crippen LogP contribution is -2.20. The molecule has 0 aliphatic rings. The van der Waals surface area contributed by atoms with Crippen LogP contribution in [0, 0.1) is 0 Å². The fourth-order valence-corrected chi connectivity index (χ4v) is 2.46. The number of halogens is 2. The molecule has 0 radical (unpaired) electrons. The van der Waals surface area contributed by atoms with Gasteiger partial charge in [0.2, 0.25) is 0 Å². The smallest absolute Gasteiger partial charge is 0.0595 e. The van der Waals surface area contributed by atoms with E-state index in [0.29, 0.717) is 10.0 Å². The molecule has 0 amide bonds.